The maximum Gasteiger partial charge on any atom is 0.194 e. The van der Waals surface area contributed by atoms with Gasteiger partial charge in [-0.15, -0.1) is 0 Å². The second-order valence-electron chi connectivity index (χ2n) is 4.78. The molecule has 21 heavy (non-hydrogen) atoms. The van der Waals surface area contributed by atoms with E-state index in [1.54, 1.807) is 19.2 Å². The molecular formula is C19H15O2. The number of benzene rings is 3. The molecule has 3 aromatic rings. The minimum atomic E-state index is 0.0215. The lowest BCUT2D eigenvalue weighted by molar-refractivity contribution is 0.356. The van der Waals surface area contributed by atoms with Crippen molar-refractivity contribution in [3.05, 3.63) is 72.8 Å². The van der Waals surface area contributed by atoms with Crippen molar-refractivity contribution in [2.24, 2.45) is 0 Å². The number of methoxy groups -OCH3 is 1. The van der Waals surface area contributed by atoms with E-state index in [2.05, 4.69) is 0 Å². The average molecular weight is 275 g/mol. The van der Waals surface area contributed by atoms with Crippen LogP contribution in [0.3, 0.4) is 0 Å². The molecule has 0 saturated carbocycles. The van der Waals surface area contributed by atoms with Crippen molar-refractivity contribution >= 4 is 0 Å². The van der Waals surface area contributed by atoms with Gasteiger partial charge in [0.1, 0.15) is 5.75 Å². The topological polar surface area (TPSA) is 29.1 Å². The normalized spacial score (nSPS) is 10.3. The van der Waals surface area contributed by atoms with Gasteiger partial charge in [0.25, 0.3) is 0 Å². The standard InChI is InChI=1S/C19H15O2/c1-21-16-12-17(14-8-4-2-5-9-14)19(20)18(13-16)15-10-6-3-7-11-15/h2-13H,1H3. The fourth-order valence-electron chi connectivity index (χ4n) is 2.38. The molecule has 0 aliphatic carbocycles. The van der Waals surface area contributed by atoms with Gasteiger partial charge in [-0.2, -0.15) is 0 Å². The van der Waals surface area contributed by atoms with Gasteiger partial charge in [-0.05, 0) is 23.3 Å². The molecule has 0 heterocycles. The van der Waals surface area contributed by atoms with E-state index in [0.29, 0.717) is 16.9 Å². The summed E-state index contributed by atoms with van der Waals surface area (Å²) >= 11 is 0. The molecule has 3 aromatic carbocycles. The summed E-state index contributed by atoms with van der Waals surface area (Å²) in [7, 11) is 1.61. The quantitative estimate of drug-likeness (QED) is 0.648. The van der Waals surface area contributed by atoms with Crippen molar-refractivity contribution in [2.75, 3.05) is 7.11 Å². The van der Waals surface area contributed by atoms with Gasteiger partial charge in [-0.25, -0.2) is 0 Å². The molecule has 0 aromatic heterocycles. The van der Waals surface area contributed by atoms with Gasteiger partial charge < -0.3 is 4.74 Å². The van der Waals surface area contributed by atoms with Gasteiger partial charge in [0, 0.05) is 11.1 Å². The SMILES string of the molecule is COc1cc(-c2ccccc2)c([O])c(-c2ccccc2)c1. The van der Waals surface area contributed by atoms with E-state index in [1.807, 2.05) is 60.7 Å². The summed E-state index contributed by atoms with van der Waals surface area (Å²) in [6, 6.07) is 22.9. The first-order valence-electron chi connectivity index (χ1n) is 6.79. The highest BCUT2D eigenvalue weighted by molar-refractivity contribution is 5.83. The van der Waals surface area contributed by atoms with E-state index in [4.69, 9.17) is 4.74 Å². The van der Waals surface area contributed by atoms with E-state index >= 15 is 0 Å². The molecule has 103 valence electrons. The fraction of sp³-hybridized carbons (Fsp3) is 0.0526. The van der Waals surface area contributed by atoms with Crippen molar-refractivity contribution < 1.29 is 9.84 Å². The van der Waals surface area contributed by atoms with Gasteiger partial charge >= 0.3 is 0 Å². The van der Waals surface area contributed by atoms with Crippen LogP contribution in [0.5, 0.6) is 11.5 Å². The van der Waals surface area contributed by atoms with Gasteiger partial charge in [0.05, 0.1) is 7.11 Å². The van der Waals surface area contributed by atoms with Crippen LogP contribution in [0.25, 0.3) is 22.3 Å². The Balaban J connectivity index is 2.23. The van der Waals surface area contributed by atoms with Crippen LogP contribution < -0.4 is 4.74 Å². The average Bonchev–Trinajstić information content (AvgIpc) is 2.57. The smallest absolute Gasteiger partial charge is 0.194 e. The van der Waals surface area contributed by atoms with Crippen molar-refractivity contribution in [1.82, 2.24) is 0 Å². The van der Waals surface area contributed by atoms with Gasteiger partial charge in [-0.3, -0.25) is 5.11 Å². The minimum Gasteiger partial charge on any atom is -0.497 e. The Bertz CT molecular complexity index is 674. The zero-order chi connectivity index (χ0) is 14.7. The van der Waals surface area contributed by atoms with Crippen LogP contribution >= 0.6 is 0 Å². The maximum absolute atomic E-state index is 12.8. The number of rotatable bonds is 3. The first-order valence-corrected chi connectivity index (χ1v) is 6.79. The Morgan fingerprint density at radius 2 is 1.14 bits per heavy atom. The second-order valence-corrected chi connectivity index (χ2v) is 4.78. The molecule has 1 radical (unpaired) electrons. The van der Waals surface area contributed by atoms with Crippen LogP contribution in [0, 0.1) is 0 Å². The Hall–Kier alpha value is -2.74. The van der Waals surface area contributed by atoms with Crippen LogP contribution in [-0.4, -0.2) is 7.11 Å². The third-order valence-electron chi connectivity index (χ3n) is 3.47. The Labute approximate surface area is 124 Å². The van der Waals surface area contributed by atoms with Crippen LogP contribution in [0.2, 0.25) is 0 Å². The lowest BCUT2D eigenvalue weighted by Crippen LogP contribution is -1.88. The van der Waals surface area contributed by atoms with Crippen LogP contribution in [0.1, 0.15) is 0 Å². The van der Waals surface area contributed by atoms with Crippen molar-refractivity contribution in [2.45, 2.75) is 0 Å². The summed E-state index contributed by atoms with van der Waals surface area (Å²) in [6.07, 6.45) is 0. The lowest BCUT2D eigenvalue weighted by atomic mass is 9.97. The zero-order valence-corrected chi connectivity index (χ0v) is 11.7. The summed E-state index contributed by atoms with van der Waals surface area (Å²) in [4.78, 5) is 0. The van der Waals surface area contributed by atoms with E-state index < -0.39 is 0 Å². The van der Waals surface area contributed by atoms with Crippen molar-refractivity contribution in [1.29, 1.82) is 0 Å². The molecule has 0 fully saturated rings. The molecule has 0 aliphatic rings. The molecular weight excluding hydrogens is 260 g/mol. The molecule has 0 N–H and O–H groups in total. The first-order chi connectivity index (χ1) is 10.3. The molecule has 2 nitrogen and oxygen atoms in total. The molecule has 0 atom stereocenters. The Morgan fingerprint density at radius 3 is 1.52 bits per heavy atom. The van der Waals surface area contributed by atoms with E-state index in [-0.39, 0.29) is 5.75 Å². The summed E-state index contributed by atoms with van der Waals surface area (Å²) in [5, 5.41) is 12.8. The summed E-state index contributed by atoms with van der Waals surface area (Å²) in [5.41, 5.74) is 3.12. The zero-order valence-electron chi connectivity index (χ0n) is 11.7. The molecule has 0 aliphatic heterocycles. The first kappa shape index (κ1) is 13.3. The molecule has 0 spiro atoms. The fourth-order valence-corrected chi connectivity index (χ4v) is 2.38. The van der Waals surface area contributed by atoms with E-state index in [0.717, 1.165) is 11.1 Å². The summed E-state index contributed by atoms with van der Waals surface area (Å²) in [5.74, 6) is 0.709. The Morgan fingerprint density at radius 1 is 0.714 bits per heavy atom. The highest BCUT2D eigenvalue weighted by Gasteiger charge is 2.15. The minimum absolute atomic E-state index is 0.0215. The summed E-state index contributed by atoms with van der Waals surface area (Å²) < 4.78 is 5.35. The highest BCUT2D eigenvalue weighted by atomic mass is 16.5. The maximum atomic E-state index is 12.8. The number of hydrogen-bond donors (Lipinski definition) is 0. The predicted molar refractivity (Wildman–Crippen MR) is 84.0 cm³/mol. The molecule has 0 unspecified atom stereocenters. The lowest BCUT2D eigenvalue weighted by Gasteiger charge is -2.11. The molecule has 2 heteroatoms. The second kappa shape index (κ2) is 5.71. The summed E-state index contributed by atoms with van der Waals surface area (Å²) in [6.45, 7) is 0. The van der Waals surface area contributed by atoms with Gasteiger partial charge in [0.2, 0.25) is 0 Å². The molecule has 0 saturated heterocycles. The van der Waals surface area contributed by atoms with Gasteiger partial charge in [-0.1, -0.05) is 60.7 Å². The predicted octanol–water partition coefficient (Wildman–Crippen LogP) is 5.17. The third-order valence-corrected chi connectivity index (χ3v) is 3.47. The van der Waals surface area contributed by atoms with E-state index in [1.165, 1.54) is 0 Å². The largest absolute Gasteiger partial charge is 0.497 e. The Kier molecular flexibility index (Phi) is 3.61. The van der Waals surface area contributed by atoms with Crippen molar-refractivity contribution in [3.8, 4) is 33.8 Å². The van der Waals surface area contributed by atoms with Crippen molar-refractivity contribution in [3.63, 3.8) is 0 Å². The highest BCUT2D eigenvalue weighted by Crippen LogP contribution is 2.41. The number of hydrogen-bond acceptors (Lipinski definition) is 1. The van der Waals surface area contributed by atoms with Crippen LogP contribution in [-0.2, 0) is 5.11 Å². The van der Waals surface area contributed by atoms with E-state index in [9.17, 15) is 5.11 Å². The molecule has 3 rings (SSSR count). The van der Waals surface area contributed by atoms with Crippen LogP contribution in [0.4, 0.5) is 0 Å². The molecule has 0 amide bonds. The van der Waals surface area contributed by atoms with Gasteiger partial charge in [0.15, 0.2) is 5.75 Å². The molecule has 0 bridgehead atoms. The number of ether oxygens (including phenoxy) is 1. The third kappa shape index (κ3) is 2.61. The monoisotopic (exact) mass is 275 g/mol. The van der Waals surface area contributed by atoms with Crippen LogP contribution in [0.15, 0.2) is 72.8 Å².